The molecule has 1 aromatic heterocycles. The van der Waals surface area contributed by atoms with Crippen LogP contribution in [0.2, 0.25) is 0 Å². The third kappa shape index (κ3) is 18.9. The molecule has 5 aromatic rings. The zero-order valence-corrected chi connectivity index (χ0v) is 54.0. The van der Waals surface area contributed by atoms with Crippen LogP contribution in [0, 0.1) is 23.2 Å². The molecule has 2 heterocycles. The van der Waals surface area contributed by atoms with Gasteiger partial charge < -0.3 is 40.7 Å². The predicted octanol–water partition coefficient (Wildman–Crippen LogP) is 9.38. The maximum atomic E-state index is 14.2. The zero-order chi connectivity index (χ0) is 66.1. The van der Waals surface area contributed by atoms with E-state index in [4.69, 9.17) is 4.74 Å². The van der Waals surface area contributed by atoms with Crippen LogP contribution in [0.1, 0.15) is 143 Å². The molecular formula is C69H90N8O12. The molecule has 0 saturated heterocycles. The van der Waals surface area contributed by atoms with Crippen molar-refractivity contribution in [1.82, 2.24) is 36.3 Å². The number of aromatic amines is 1. The van der Waals surface area contributed by atoms with Gasteiger partial charge in [-0.05, 0) is 71.5 Å². The van der Waals surface area contributed by atoms with Crippen LogP contribution in [-0.4, -0.2) is 122 Å². The predicted molar refractivity (Wildman–Crippen MR) is 341 cm³/mol. The summed E-state index contributed by atoms with van der Waals surface area (Å²) in [5.74, 6) is -6.52. The number of carboxylic acids is 2. The molecule has 20 heteroatoms. The summed E-state index contributed by atoms with van der Waals surface area (Å²) in [5, 5.41) is 39.6. The molecule has 6 N–H and O–H groups in total. The number of aromatic nitrogens is 3. The van der Waals surface area contributed by atoms with E-state index in [1.54, 1.807) is 75.3 Å². The second-order valence-electron chi connectivity index (χ2n) is 24.8. The van der Waals surface area contributed by atoms with Crippen LogP contribution in [-0.2, 0) is 79.3 Å². The summed E-state index contributed by atoms with van der Waals surface area (Å²) in [6.45, 7) is 22.3. The van der Waals surface area contributed by atoms with Crippen LogP contribution in [0.25, 0.3) is 22.5 Å². The molecule has 0 radical (unpaired) electrons. The number of carboxylic acid groups (broad SMARTS) is 2. The number of anilines is 1. The third-order valence-corrected chi connectivity index (χ3v) is 16.2. The number of carbonyl (C=O) groups excluding carboxylic acids is 7. The Morgan fingerprint density at radius 2 is 1.34 bits per heavy atom. The van der Waals surface area contributed by atoms with Crippen molar-refractivity contribution >= 4 is 58.8 Å². The van der Waals surface area contributed by atoms with Crippen molar-refractivity contribution in [3.63, 3.8) is 0 Å². The van der Waals surface area contributed by atoms with E-state index in [0.29, 0.717) is 39.3 Å². The molecule has 478 valence electrons. The van der Waals surface area contributed by atoms with Crippen molar-refractivity contribution < 1.29 is 58.1 Å². The highest BCUT2D eigenvalue weighted by atomic mass is 16.5. The molecule has 1 aliphatic heterocycles. The molecule has 0 spiro atoms. The minimum atomic E-state index is -1.17. The van der Waals surface area contributed by atoms with Crippen molar-refractivity contribution in [2.45, 2.75) is 171 Å². The number of Topliss-reactive ketones (excluding diaryl/α,β-unsaturated/α-hetero) is 2. The molecule has 0 aliphatic carbocycles. The summed E-state index contributed by atoms with van der Waals surface area (Å²) in [6.07, 6.45) is 0.263. The number of esters is 1. The van der Waals surface area contributed by atoms with Crippen molar-refractivity contribution in [1.29, 1.82) is 0 Å². The van der Waals surface area contributed by atoms with Gasteiger partial charge in [0.05, 0.1) is 36.8 Å². The molecule has 0 fully saturated rings. The van der Waals surface area contributed by atoms with Crippen molar-refractivity contribution in [2.24, 2.45) is 23.2 Å². The van der Waals surface area contributed by atoms with Gasteiger partial charge in [-0.25, -0.2) is 4.79 Å². The van der Waals surface area contributed by atoms with Crippen LogP contribution >= 0.6 is 0 Å². The number of benzene rings is 4. The Hall–Kier alpha value is -8.65. The minimum absolute atomic E-state index is 0.0808. The Morgan fingerprint density at radius 1 is 0.719 bits per heavy atom. The van der Waals surface area contributed by atoms with E-state index >= 15 is 0 Å². The Labute approximate surface area is 523 Å². The highest BCUT2D eigenvalue weighted by molar-refractivity contribution is 6.02. The fourth-order valence-corrected chi connectivity index (χ4v) is 10.9. The number of ether oxygens (including phenoxy) is 1. The summed E-state index contributed by atoms with van der Waals surface area (Å²) >= 11 is 0. The van der Waals surface area contributed by atoms with E-state index < -0.39 is 82.8 Å². The Bertz CT molecular complexity index is 3360. The highest BCUT2D eigenvalue weighted by Crippen LogP contribution is 2.40. The average Bonchev–Trinajstić information content (AvgIpc) is 1.82. The first-order chi connectivity index (χ1) is 42.0. The number of rotatable bonds is 28. The number of likely N-dealkylation sites (N-methyl/N-ethyl adjacent to an activating group) is 2. The molecule has 0 saturated carbocycles. The van der Waals surface area contributed by atoms with Gasteiger partial charge in [-0.15, -0.1) is 0 Å². The number of hydrogen-bond donors (Lipinski definition) is 6. The number of H-pyrrole nitrogens is 1. The van der Waals surface area contributed by atoms with Gasteiger partial charge >= 0.3 is 17.9 Å². The molecule has 5 atom stereocenters. The standard InChI is InChI=1S/C67H84N8O12.C2H6/c1-39(2)50(36-47(76)28-30-55(78)75-37-45-19-13-14-21-48(45)58-59(72-73-71-58)49-22-15-16-23-52(49)75)62(82)69-51(29-31-56(79)80)54(77)34-42-24-26-43(27-25-42)38-87-57(81)35-44-18-17-20-46(33-44)67(9,10)60(68-11)63(83)70-61(66(6,7)8)64(84)74(12)53(40(3)4)32-41(5)65(85)86;1-2/h13-27,32-33,39-40,50-51,53,60-61,68H,28-31,34-38H2,1-12H3,(H,69,82)(H,70,83)(H,79,80)(H,85,86)(H,71,72,73);1-2H3/b41-32+;/t50-,51-,53+,60+,61+;/m0./s1. The molecule has 0 unspecified atom stereocenters. The molecular weight excluding hydrogens is 1130 g/mol. The minimum Gasteiger partial charge on any atom is -0.481 e. The number of hydrogen-bond acceptors (Lipinski definition) is 13. The first-order valence-electron chi connectivity index (χ1n) is 30.5. The topological polar surface area (TPSA) is 287 Å². The first-order valence-corrected chi connectivity index (χ1v) is 30.5. The quantitative estimate of drug-likeness (QED) is 0.0201. The maximum Gasteiger partial charge on any atom is 0.331 e. The summed E-state index contributed by atoms with van der Waals surface area (Å²) in [5.41, 5.74) is 5.34. The summed E-state index contributed by atoms with van der Waals surface area (Å²) in [7, 11) is 3.26. The molecule has 1 aliphatic rings. The number of fused-ring (bicyclic) bond motifs is 5. The number of carbonyl (C=O) groups is 9. The van der Waals surface area contributed by atoms with E-state index in [1.807, 2.05) is 123 Å². The third-order valence-electron chi connectivity index (χ3n) is 16.2. The summed E-state index contributed by atoms with van der Waals surface area (Å²) < 4.78 is 5.67. The number of nitrogens with zero attached hydrogens (tertiary/aromatic N) is 4. The normalized spacial score (nSPS) is 13.9. The van der Waals surface area contributed by atoms with E-state index in [0.717, 1.165) is 16.7 Å². The SMILES string of the molecule is CC.CN[C@H](C(=O)N[C@H](C(=O)N(C)[C@H](/C=C(\C)C(=O)O)C(C)C)C(C)(C)C)C(C)(C)c1cccc(CC(=O)OCc2ccc(CC(=O)[C@H](CCC(=O)O)NC(=O)[C@@H](CC(=O)CCC(=O)N3Cc4ccccc4-c4n[nH]nc4-c4ccccc43)C(C)C)cc2)c1. The average molecular weight is 1220 g/mol. The van der Waals surface area contributed by atoms with Gasteiger partial charge in [0.15, 0.2) is 5.78 Å². The maximum absolute atomic E-state index is 14.2. The monoisotopic (exact) mass is 1220 g/mol. The van der Waals surface area contributed by atoms with E-state index in [2.05, 4.69) is 31.4 Å². The number of amides is 4. The fraction of sp³-hybridized carbons (Fsp3) is 0.464. The van der Waals surface area contributed by atoms with Gasteiger partial charge in [-0.2, -0.15) is 15.4 Å². The van der Waals surface area contributed by atoms with Gasteiger partial charge in [0.1, 0.15) is 29.8 Å². The summed E-state index contributed by atoms with van der Waals surface area (Å²) in [6, 6.07) is 25.5. The Morgan fingerprint density at radius 3 is 1.94 bits per heavy atom. The fourth-order valence-electron chi connectivity index (χ4n) is 10.9. The lowest BCUT2D eigenvalue weighted by Crippen LogP contribution is -2.61. The lowest BCUT2D eigenvalue weighted by molar-refractivity contribution is -0.144. The molecule has 6 rings (SSSR count). The van der Waals surface area contributed by atoms with E-state index in [1.165, 1.54) is 11.8 Å². The van der Waals surface area contributed by atoms with E-state index in [9.17, 15) is 53.4 Å². The van der Waals surface area contributed by atoms with Crippen LogP contribution in [0.4, 0.5) is 5.69 Å². The van der Waals surface area contributed by atoms with Gasteiger partial charge in [0.2, 0.25) is 23.6 Å². The van der Waals surface area contributed by atoms with Gasteiger partial charge in [0, 0.05) is 67.2 Å². The van der Waals surface area contributed by atoms with Crippen LogP contribution in [0.5, 0.6) is 0 Å². The Balaban J connectivity index is 0.00000713. The second kappa shape index (κ2) is 32.0. The Kier molecular flexibility index (Phi) is 25.6. The van der Waals surface area contributed by atoms with Crippen LogP contribution < -0.4 is 20.9 Å². The number of para-hydroxylation sites is 1. The largest absolute Gasteiger partial charge is 0.481 e. The zero-order valence-electron chi connectivity index (χ0n) is 54.0. The van der Waals surface area contributed by atoms with Gasteiger partial charge in [-0.3, -0.25) is 38.4 Å². The molecule has 0 bridgehead atoms. The number of nitrogens with one attached hydrogen (secondary N) is 4. The van der Waals surface area contributed by atoms with Crippen LogP contribution in [0.15, 0.2) is 109 Å². The lowest BCUT2D eigenvalue weighted by Gasteiger charge is -2.40. The van der Waals surface area contributed by atoms with Gasteiger partial charge in [-0.1, -0.05) is 173 Å². The number of ketones is 2. The smallest absolute Gasteiger partial charge is 0.331 e. The first kappa shape index (κ1) is 71.1. The van der Waals surface area contributed by atoms with Gasteiger partial charge in [0.25, 0.3) is 0 Å². The molecule has 89 heavy (non-hydrogen) atoms. The molecule has 4 aromatic carbocycles. The second-order valence-corrected chi connectivity index (χ2v) is 24.8. The summed E-state index contributed by atoms with van der Waals surface area (Å²) in [4.78, 5) is 124. The molecule has 4 amide bonds. The van der Waals surface area contributed by atoms with Crippen LogP contribution in [0.3, 0.4) is 0 Å². The molecule has 20 nitrogen and oxygen atoms in total. The highest BCUT2D eigenvalue weighted by Gasteiger charge is 2.42. The number of aliphatic carboxylic acids is 2. The lowest BCUT2D eigenvalue weighted by atomic mass is 9.76. The van der Waals surface area contributed by atoms with Crippen molar-refractivity contribution in [3.8, 4) is 22.5 Å². The van der Waals surface area contributed by atoms with Crippen molar-refractivity contribution in [2.75, 3.05) is 19.0 Å². The van der Waals surface area contributed by atoms with Crippen molar-refractivity contribution in [3.05, 3.63) is 137 Å². The van der Waals surface area contributed by atoms with E-state index in [-0.39, 0.29) is 86.7 Å².